The van der Waals surface area contributed by atoms with E-state index < -0.39 is 17.1 Å². The second-order valence-corrected chi connectivity index (χ2v) is 11.4. The molecule has 6 heteroatoms. The Morgan fingerprint density at radius 2 is 1.07 bits per heavy atom. The molecule has 1 aliphatic heterocycles. The average Bonchev–Trinajstić information content (AvgIpc) is 2.29. The maximum absolute atomic E-state index is 5.58. The van der Waals surface area contributed by atoms with Crippen LogP contribution in [-0.4, -0.2) is 45.6 Å². The molecule has 1 heterocycles. The van der Waals surface area contributed by atoms with Crippen LogP contribution in [0.2, 0.25) is 17.8 Å². The number of hydrogen-bond donors (Lipinski definition) is 0. The lowest BCUT2D eigenvalue weighted by Gasteiger charge is -2.39. The maximum Gasteiger partial charge on any atom is 0.339 e. The van der Waals surface area contributed by atoms with Gasteiger partial charge in [0, 0.05) is 34.1 Å². The Morgan fingerprint density at radius 3 is 1.36 bits per heavy atom. The van der Waals surface area contributed by atoms with Crippen molar-refractivity contribution in [3.63, 3.8) is 0 Å². The summed E-state index contributed by atoms with van der Waals surface area (Å²) in [7, 11) is 2.97. The average molecular weight is 236 g/mol. The smallest absolute Gasteiger partial charge is 0.339 e. The van der Waals surface area contributed by atoms with Gasteiger partial charge in [0.1, 0.15) is 0 Å². The van der Waals surface area contributed by atoms with E-state index in [4.69, 9.17) is 17.7 Å². The summed E-state index contributed by atoms with van der Waals surface area (Å²) in [5, 5.41) is 0. The Morgan fingerprint density at radius 1 is 0.714 bits per heavy atom. The van der Waals surface area contributed by atoms with E-state index in [2.05, 4.69) is 0 Å². The SMILES string of the molecule is CO[Si]1(OC)CCC[Si](OC)(OC)C1. The van der Waals surface area contributed by atoms with E-state index >= 15 is 0 Å². The zero-order valence-corrected chi connectivity index (χ0v) is 11.5. The first-order valence-corrected chi connectivity index (χ1v) is 9.33. The molecule has 0 saturated carbocycles. The lowest BCUT2D eigenvalue weighted by Crippen LogP contribution is -2.56. The molecular weight excluding hydrogens is 216 g/mol. The highest BCUT2D eigenvalue weighted by molar-refractivity contribution is 6.87. The summed E-state index contributed by atoms with van der Waals surface area (Å²) >= 11 is 0. The highest BCUT2D eigenvalue weighted by Crippen LogP contribution is 2.36. The molecule has 0 spiro atoms. The summed E-state index contributed by atoms with van der Waals surface area (Å²) in [6.45, 7) is 0. The molecule has 0 radical (unpaired) electrons. The molecule has 4 nitrogen and oxygen atoms in total. The zero-order chi connectivity index (χ0) is 10.7. The lowest BCUT2D eigenvalue weighted by atomic mass is 10.6. The highest BCUT2D eigenvalue weighted by atomic mass is 28.4. The zero-order valence-electron chi connectivity index (χ0n) is 9.46. The van der Waals surface area contributed by atoms with Crippen LogP contribution >= 0.6 is 0 Å². The van der Waals surface area contributed by atoms with Crippen LogP contribution in [0.15, 0.2) is 0 Å². The van der Waals surface area contributed by atoms with Gasteiger partial charge in [-0.05, 0) is 18.5 Å². The van der Waals surface area contributed by atoms with Crippen LogP contribution < -0.4 is 0 Å². The van der Waals surface area contributed by atoms with Gasteiger partial charge in [-0.25, -0.2) is 0 Å². The molecule has 0 aliphatic carbocycles. The molecule has 0 atom stereocenters. The Balaban J connectivity index is 2.75. The van der Waals surface area contributed by atoms with E-state index in [0.717, 1.165) is 24.2 Å². The van der Waals surface area contributed by atoms with Gasteiger partial charge in [-0.15, -0.1) is 0 Å². The molecule has 0 unspecified atom stereocenters. The Bertz CT molecular complexity index is 162. The summed E-state index contributed by atoms with van der Waals surface area (Å²) in [5.41, 5.74) is 0.889. The first-order chi connectivity index (χ1) is 6.66. The van der Waals surface area contributed by atoms with Crippen molar-refractivity contribution < 1.29 is 17.7 Å². The minimum Gasteiger partial charge on any atom is -0.398 e. The van der Waals surface area contributed by atoms with Crippen LogP contribution in [0.3, 0.4) is 0 Å². The third-order valence-corrected chi connectivity index (χ3v) is 12.7. The fourth-order valence-corrected chi connectivity index (χ4v) is 12.0. The van der Waals surface area contributed by atoms with E-state index in [1.165, 1.54) is 0 Å². The topological polar surface area (TPSA) is 36.9 Å². The molecule has 0 aromatic rings. The van der Waals surface area contributed by atoms with Crippen molar-refractivity contribution in [1.82, 2.24) is 0 Å². The van der Waals surface area contributed by atoms with Crippen molar-refractivity contribution in [3.8, 4) is 0 Å². The Labute approximate surface area is 88.0 Å². The highest BCUT2D eigenvalue weighted by Gasteiger charge is 2.52. The van der Waals surface area contributed by atoms with Crippen LogP contribution in [0.1, 0.15) is 6.42 Å². The molecule has 0 aromatic heterocycles. The van der Waals surface area contributed by atoms with Gasteiger partial charge in [-0.1, -0.05) is 0 Å². The van der Waals surface area contributed by atoms with Crippen LogP contribution in [0.4, 0.5) is 0 Å². The molecule has 84 valence electrons. The molecule has 1 aliphatic rings. The molecular formula is C8H20O4Si2. The normalized spacial score (nSPS) is 24.9. The standard InChI is InChI=1S/C8H20O4Si2/c1-9-13(10-2)6-5-7-14(8-13,11-3)12-4/h5-8H2,1-4H3. The van der Waals surface area contributed by atoms with Gasteiger partial charge in [-0.3, -0.25) is 0 Å². The van der Waals surface area contributed by atoms with Crippen molar-refractivity contribution in [2.75, 3.05) is 28.4 Å². The van der Waals surface area contributed by atoms with Crippen LogP contribution in [0.25, 0.3) is 0 Å². The largest absolute Gasteiger partial charge is 0.398 e. The fraction of sp³-hybridized carbons (Fsp3) is 1.00. The third-order valence-electron chi connectivity index (χ3n) is 3.14. The van der Waals surface area contributed by atoms with Gasteiger partial charge < -0.3 is 17.7 Å². The van der Waals surface area contributed by atoms with Gasteiger partial charge in [-0.2, -0.15) is 0 Å². The molecule has 1 rings (SSSR count). The van der Waals surface area contributed by atoms with E-state index in [9.17, 15) is 0 Å². The first kappa shape index (κ1) is 12.3. The van der Waals surface area contributed by atoms with Crippen LogP contribution in [0, 0.1) is 0 Å². The Kier molecular flexibility index (Phi) is 4.29. The third kappa shape index (κ3) is 2.26. The van der Waals surface area contributed by atoms with Crippen LogP contribution in [-0.2, 0) is 17.7 Å². The summed E-state index contributed by atoms with van der Waals surface area (Å²) in [6.07, 6.45) is 1.10. The van der Waals surface area contributed by atoms with Crippen molar-refractivity contribution in [1.29, 1.82) is 0 Å². The van der Waals surface area contributed by atoms with E-state index in [1.807, 2.05) is 0 Å². The quantitative estimate of drug-likeness (QED) is 0.692. The van der Waals surface area contributed by atoms with Gasteiger partial charge >= 0.3 is 17.1 Å². The number of hydrogen-bond acceptors (Lipinski definition) is 4. The second kappa shape index (κ2) is 4.86. The molecule has 0 bridgehead atoms. The van der Waals surface area contributed by atoms with E-state index in [0.29, 0.717) is 0 Å². The molecule has 0 N–H and O–H groups in total. The predicted molar refractivity (Wildman–Crippen MR) is 58.6 cm³/mol. The monoisotopic (exact) mass is 236 g/mol. The molecule has 1 fully saturated rings. The van der Waals surface area contributed by atoms with E-state index in [-0.39, 0.29) is 0 Å². The predicted octanol–water partition coefficient (Wildman–Crippen LogP) is 1.40. The van der Waals surface area contributed by atoms with Crippen molar-refractivity contribution in [2.45, 2.75) is 24.2 Å². The van der Waals surface area contributed by atoms with Gasteiger partial charge in [0.05, 0.1) is 0 Å². The second-order valence-electron chi connectivity index (χ2n) is 3.67. The molecule has 0 amide bonds. The molecule has 1 saturated heterocycles. The fourth-order valence-electron chi connectivity index (χ4n) is 2.08. The van der Waals surface area contributed by atoms with Gasteiger partial charge in [0.25, 0.3) is 0 Å². The minimum absolute atomic E-state index is 0.889. The lowest BCUT2D eigenvalue weighted by molar-refractivity contribution is 0.209. The maximum atomic E-state index is 5.58. The summed E-state index contributed by atoms with van der Waals surface area (Å²) in [6, 6.07) is 2.11. The molecule has 14 heavy (non-hydrogen) atoms. The van der Waals surface area contributed by atoms with Gasteiger partial charge in [0.2, 0.25) is 0 Å². The Hall–Kier alpha value is 0.274. The van der Waals surface area contributed by atoms with Crippen molar-refractivity contribution in [2.24, 2.45) is 0 Å². The summed E-state index contributed by atoms with van der Waals surface area (Å²) < 4.78 is 22.3. The summed E-state index contributed by atoms with van der Waals surface area (Å²) in [5.74, 6) is 0. The van der Waals surface area contributed by atoms with E-state index in [1.54, 1.807) is 28.4 Å². The first-order valence-electron chi connectivity index (χ1n) is 4.86. The summed E-state index contributed by atoms with van der Waals surface area (Å²) in [4.78, 5) is 0. The number of rotatable bonds is 4. The van der Waals surface area contributed by atoms with Crippen molar-refractivity contribution >= 4 is 17.1 Å². The van der Waals surface area contributed by atoms with Crippen LogP contribution in [0.5, 0.6) is 0 Å². The molecule has 0 aromatic carbocycles. The van der Waals surface area contributed by atoms with Crippen molar-refractivity contribution in [3.05, 3.63) is 0 Å². The van der Waals surface area contributed by atoms with Gasteiger partial charge in [0.15, 0.2) is 0 Å². The minimum atomic E-state index is -2.00.